The van der Waals surface area contributed by atoms with E-state index < -0.39 is 78.1 Å². The van der Waals surface area contributed by atoms with Gasteiger partial charge in [0.25, 0.3) is 0 Å². The van der Waals surface area contributed by atoms with E-state index in [4.69, 9.17) is 15.2 Å². The molecule has 5 N–H and O–H groups in total. The van der Waals surface area contributed by atoms with Gasteiger partial charge in [-0.3, -0.25) is 24.0 Å². The largest absolute Gasteiger partial charge is 0.480 e. The second kappa shape index (κ2) is 22.8. The minimum Gasteiger partial charge on any atom is -0.480 e. The molecule has 0 radical (unpaired) electrons. The molecule has 1 heterocycles. The second-order valence-electron chi connectivity index (χ2n) is 16.3. The second-order valence-corrected chi connectivity index (χ2v) is 16.3. The summed E-state index contributed by atoms with van der Waals surface area (Å²) in [4.78, 5) is 85.3. The molecule has 57 heavy (non-hydrogen) atoms. The van der Waals surface area contributed by atoms with Gasteiger partial charge in [-0.2, -0.15) is 0 Å². The van der Waals surface area contributed by atoms with E-state index in [0.717, 1.165) is 5.56 Å². The first kappa shape index (κ1) is 49.1. The van der Waals surface area contributed by atoms with Crippen LogP contribution in [0.1, 0.15) is 86.6 Å². The Labute approximate surface area is 339 Å². The van der Waals surface area contributed by atoms with Gasteiger partial charge in [0.15, 0.2) is 0 Å². The normalized spacial score (nSPS) is 19.1. The number of likely N-dealkylation sites (N-methyl/N-ethyl adjacent to an activating group) is 2. The third-order valence-electron chi connectivity index (χ3n) is 11.4. The van der Waals surface area contributed by atoms with Gasteiger partial charge >= 0.3 is 5.97 Å². The lowest BCUT2D eigenvalue weighted by Gasteiger charge is -2.41. The van der Waals surface area contributed by atoms with Crippen molar-refractivity contribution in [1.82, 2.24) is 25.3 Å². The Morgan fingerprint density at radius 1 is 0.877 bits per heavy atom. The number of nitrogens with zero attached hydrogens (tertiary/aromatic N) is 3. The molecule has 0 saturated carbocycles. The van der Waals surface area contributed by atoms with Crippen molar-refractivity contribution in [3.05, 3.63) is 35.9 Å². The van der Waals surface area contributed by atoms with Crippen LogP contribution in [0.25, 0.3) is 0 Å². The lowest BCUT2D eigenvalue weighted by molar-refractivity contribution is -0.149. The van der Waals surface area contributed by atoms with Gasteiger partial charge in [0, 0.05) is 41.3 Å². The first-order valence-corrected chi connectivity index (χ1v) is 20.2. The molecule has 1 aromatic rings. The lowest BCUT2D eigenvalue weighted by atomic mass is 9.89. The van der Waals surface area contributed by atoms with Crippen molar-refractivity contribution in [3.8, 4) is 0 Å². The highest BCUT2D eigenvalue weighted by molar-refractivity contribution is 5.93. The van der Waals surface area contributed by atoms with Crippen molar-refractivity contribution in [2.45, 2.75) is 136 Å². The first-order valence-electron chi connectivity index (χ1n) is 20.2. The van der Waals surface area contributed by atoms with Crippen molar-refractivity contribution in [1.29, 1.82) is 0 Å². The van der Waals surface area contributed by atoms with Gasteiger partial charge in [0.1, 0.15) is 18.1 Å². The first-order chi connectivity index (χ1) is 26.7. The average molecular weight is 803 g/mol. The number of hydrogen-bond donors (Lipinski definition) is 4. The van der Waals surface area contributed by atoms with Crippen LogP contribution in [0.3, 0.4) is 0 Å². The number of ether oxygens (including phenoxy) is 2. The zero-order valence-electron chi connectivity index (χ0n) is 36.2. The summed E-state index contributed by atoms with van der Waals surface area (Å²) >= 11 is 0. The lowest BCUT2D eigenvalue weighted by Crippen LogP contribution is -2.61. The van der Waals surface area contributed by atoms with Crippen molar-refractivity contribution < 1.29 is 43.3 Å². The molecule has 0 bridgehead atoms. The number of aliphatic carboxylic acids is 1. The monoisotopic (exact) mass is 803 g/mol. The molecule has 1 saturated heterocycles. The molecule has 1 aliphatic rings. The van der Waals surface area contributed by atoms with Crippen LogP contribution in [0, 0.1) is 23.7 Å². The fraction of sp³-hybridized carbons (Fsp3) is 0.714. The highest BCUT2D eigenvalue weighted by Crippen LogP contribution is 2.30. The van der Waals surface area contributed by atoms with Crippen LogP contribution in [0.15, 0.2) is 30.3 Å². The summed E-state index contributed by atoms with van der Waals surface area (Å²) in [5.74, 6) is -4.55. The molecule has 1 unspecified atom stereocenters. The van der Waals surface area contributed by atoms with E-state index in [2.05, 4.69) is 10.6 Å². The number of carboxylic acids is 1. The predicted octanol–water partition coefficient (Wildman–Crippen LogP) is 2.69. The Balaban J connectivity index is 2.30. The summed E-state index contributed by atoms with van der Waals surface area (Å²) in [6.45, 7) is 14.9. The molecule has 15 nitrogen and oxygen atoms in total. The van der Waals surface area contributed by atoms with E-state index in [9.17, 15) is 33.9 Å². The number of carbonyl (C=O) groups excluding carboxylic acids is 5. The van der Waals surface area contributed by atoms with Gasteiger partial charge in [-0.25, -0.2) is 4.79 Å². The quantitative estimate of drug-likeness (QED) is 0.135. The molecule has 1 fully saturated rings. The maximum absolute atomic E-state index is 14.4. The fourth-order valence-electron chi connectivity index (χ4n) is 8.01. The van der Waals surface area contributed by atoms with Crippen LogP contribution < -0.4 is 16.4 Å². The van der Waals surface area contributed by atoms with E-state index in [1.807, 2.05) is 47.6 Å². The molecule has 0 aromatic heterocycles. The highest BCUT2D eigenvalue weighted by Gasteiger charge is 2.44. The smallest absolute Gasteiger partial charge is 0.326 e. The average Bonchev–Trinajstić information content (AvgIpc) is 3.65. The molecule has 0 aliphatic carbocycles. The minimum atomic E-state index is -1.15. The number of nitrogens with two attached hydrogens (primary N) is 1. The van der Waals surface area contributed by atoms with Crippen LogP contribution in [-0.2, 0) is 44.7 Å². The summed E-state index contributed by atoms with van der Waals surface area (Å²) in [5, 5.41) is 15.5. The van der Waals surface area contributed by atoms with Crippen molar-refractivity contribution in [3.63, 3.8) is 0 Å². The van der Waals surface area contributed by atoms with Crippen LogP contribution in [0.5, 0.6) is 0 Å². The summed E-state index contributed by atoms with van der Waals surface area (Å²) < 4.78 is 11.9. The number of nitrogens with one attached hydrogen (secondary N) is 2. The van der Waals surface area contributed by atoms with Crippen LogP contribution >= 0.6 is 0 Å². The van der Waals surface area contributed by atoms with Crippen molar-refractivity contribution in [2.24, 2.45) is 29.4 Å². The number of carbonyl (C=O) groups is 6. The topological polar surface area (TPSA) is 201 Å². The summed E-state index contributed by atoms with van der Waals surface area (Å²) in [5.41, 5.74) is 6.61. The molecule has 5 amide bonds. The summed E-state index contributed by atoms with van der Waals surface area (Å²) in [6, 6.07) is 4.29. The number of rotatable bonds is 22. The zero-order chi connectivity index (χ0) is 43.3. The molecule has 1 aromatic carbocycles. The van der Waals surface area contributed by atoms with E-state index in [0.29, 0.717) is 25.8 Å². The molecule has 10 atom stereocenters. The zero-order valence-corrected chi connectivity index (χ0v) is 36.2. The van der Waals surface area contributed by atoms with E-state index >= 15 is 0 Å². The highest BCUT2D eigenvalue weighted by atomic mass is 16.5. The number of amides is 5. The number of likely N-dealkylation sites (tertiary alicyclic amines) is 1. The van der Waals surface area contributed by atoms with Gasteiger partial charge in [0.05, 0.1) is 42.7 Å². The summed E-state index contributed by atoms with van der Waals surface area (Å²) in [7, 11) is 6.18. The molecule has 2 rings (SSSR count). The Kier molecular flexibility index (Phi) is 19.6. The molecule has 0 spiro atoms. The summed E-state index contributed by atoms with van der Waals surface area (Å²) in [6.07, 6.45) is 0.540. The Bertz CT molecular complexity index is 1490. The van der Waals surface area contributed by atoms with E-state index in [1.54, 1.807) is 55.0 Å². The number of carboxylic acid groups (broad SMARTS) is 1. The van der Waals surface area contributed by atoms with Gasteiger partial charge in [0.2, 0.25) is 29.5 Å². The number of hydrogen-bond acceptors (Lipinski definition) is 9. The van der Waals surface area contributed by atoms with E-state index in [-0.39, 0.29) is 42.4 Å². The van der Waals surface area contributed by atoms with Gasteiger partial charge in [-0.15, -0.1) is 0 Å². The SMILES string of the molecule is CC[C@H](C)[C@@H]([C@@H](CC(=O)N1CCC[C@H]1[C@H](OC)[C@@H](C)C(=O)N[C@@H](Cc1ccccc1)C(=O)O)OC)N(C)C(=O)C(NC(=O)[C@H](C(C)C)N(C)C(=O)[C@@H](C)N)C(C)C. The van der Waals surface area contributed by atoms with Gasteiger partial charge in [-0.05, 0) is 43.1 Å². The molecule has 15 heteroatoms. The minimum absolute atomic E-state index is 0.0624. The molecule has 1 aliphatic heterocycles. The Hall–Kier alpha value is -4.08. The van der Waals surface area contributed by atoms with Crippen LogP contribution in [-0.4, -0.2) is 139 Å². The molecule has 322 valence electrons. The van der Waals surface area contributed by atoms with Crippen molar-refractivity contribution >= 4 is 35.5 Å². The number of methoxy groups -OCH3 is 2. The fourth-order valence-corrected chi connectivity index (χ4v) is 8.01. The predicted molar refractivity (Wildman–Crippen MR) is 218 cm³/mol. The number of benzene rings is 1. The third kappa shape index (κ3) is 13.0. The van der Waals surface area contributed by atoms with E-state index in [1.165, 1.54) is 26.2 Å². The third-order valence-corrected chi connectivity index (χ3v) is 11.4. The molecular weight excluding hydrogens is 732 g/mol. The van der Waals surface area contributed by atoms with Crippen LogP contribution in [0.2, 0.25) is 0 Å². The Morgan fingerprint density at radius 2 is 1.49 bits per heavy atom. The van der Waals surface area contributed by atoms with Crippen molar-refractivity contribution in [2.75, 3.05) is 34.9 Å². The van der Waals surface area contributed by atoms with Crippen LogP contribution in [0.4, 0.5) is 0 Å². The standard InChI is InChI=1S/C42H70N6O9/c1-13-26(6)36(47(10)41(53)34(24(2)3)45-39(51)35(25(4)5)46(9)40(52)28(8)43)32(56-11)23-33(49)48-21-17-20-31(48)37(57-12)27(7)38(50)44-30(42(54)55)22-29-18-15-14-16-19-29/h14-16,18-19,24-28,30-32,34-37H,13,17,20-23,43H2,1-12H3,(H,44,50)(H,45,51)(H,54,55)/t26-,27+,28+,30-,31-,32+,34?,35-,36-,37+/m0/s1. The maximum Gasteiger partial charge on any atom is 0.326 e. The van der Waals surface area contributed by atoms with Gasteiger partial charge in [-0.1, -0.05) is 85.2 Å². The maximum atomic E-state index is 14.4. The molecular formula is C42H70N6O9. The Morgan fingerprint density at radius 3 is 1.98 bits per heavy atom. The van der Waals surface area contributed by atoms with Gasteiger partial charge < -0.3 is 45.6 Å².